The Kier molecular flexibility index (Phi) is 4.66. The van der Waals surface area contributed by atoms with Crippen LogP contribution in [0.1, 0.15) is 11.1 Å². The summed E-state index contributed by atoms with van der Waals surface area (Å²) in [7, 11) is 0. The average molecular weight is 326 g/mol. The lowest BCUT2D eigenvalue weighted by atomic mass is 10.1. The molecule has 126 valence electrons. The fraction of sp³-hybridized carbons (Fsp3) is 0.333. The second-order valence-corrected chi connectivity index (χ2v) is 6.10. The topological polar surface area (TPSA) is 82.4 Å². The molecular weight excluding hydrogens is 304 g/mol. The van der Waals surface area contributed by atoms with Gasteiger partial charge in [-0.3, -0.25) is 14.5 Å². The van der Waals surface area contributed by atoms with E-state index in [1.54, 1.807) is 0 Å². The highest BCUT2D eigenvalue weighted by Crippen LogP contribution is 2.23. The number of nitrogens with one attached hydrogen (secondary N) is 1. The van der Waals surface area contributed by atoms with Crippen LogP contribution in [0.3, 0.4) is 0 Å². The lowest BCUT2D eigenvalue weighted by Gasteiger charge is -2.34. The third-order valence-corrected chi connectivity index (χ3v) is 4.50. The molecule has 6 nitrogen and oxygen atoms in total. The molecule has 0 unspecified atom stereocenters. The van der Waals surface area contributed by atoms with E-state index in [4.69, 9.17) is 5.73 Å². The maximum Gasteiger partial charge on any atom is 0.246 e. The Morgan fingerprint density at radius 1 is 1.21 bits per heavy atom. The van der Waals surface area contributed by atoms with Crippen molar-refractivity contribution in [1.29, 1.82) is 0 Å². The van der Waals surface area contributed by atoms with E-state index in [0.29, 0.717) is 0 Å². The highest BCUT2D eigenvalue weighted by Gasteiger charge is 2.20. The maximum atomic E-state index is 11.6. The van der Waals surface area contributed by atoms with E-state index in [-0.39, 0.29) is 18.2 Å². The molecule has 1 aromatic heterocycles. The second kappa shape index (κ2) is 6.88. The number of benzene rings is 1. The van der Waals surface area contributed by atoms with Crippen LogP contribution in [-0.2, 0) is 22.6 Å². The molecule has 0 radical (unpaired) electrons. The standard InChI is InChI=1S/C18H22N4O2/c1-2-17(24)22-8-6-21(7-9-22)12-13-4-3-5-15-14(10-16(19)23)11-20-18(13)15/h2-5,11,20H,1,6-10,12H2,(H2,19,23). The summed E-state index contributed by atoms with van der Waals surface area (Å²) in [6.07, 6.45) is 3.47. The molecule has 2 aromatic rings. The molecule has 1 aliphatic heterocycles. The highest BCUT2D eigenvalue weighted by molar-refractivity contribution is 5.90. The molecule has 2 amide bonds. The zero-order chi connectivity index (χ0) is 17.1. The number of aromatic nitrogens is 1. The number of amides is 2. The normalized spacial score (nSPS) is 15.6. The van der Waals surface area contributed by atoms with E-state index in [0.717, 1.165) is 49.2 Å². The van der Waals surface area contributed by atoms with Crippen LogP contribution in [0.15, 0.2) is 37.1 Å². The minimum atomic E-state index is -0.329. The monoisotopic (exact) mass is 326 g/mol. The molecule has 1 aliphatic rings. The predicted octanol–water partition coefficient (Wildman–Crippen LogP) is 1.03. The Morgan fingerprint density at radius 2 is 1.96 bits per heavy atom. The number of rotatable bonds is 5. The summed E-state index contributed by atoms with van der Waals surface area (Å²) in [6, 6.07) is 6.11. The number of carbonyl (C=O) groups is 2. The average Bonchev–Trinajstić information content (AvgIpc) is 2.98. The van der Waals surface area contributed by atoms with Crippen molar-refractivity contribution in [3.8, 4) is 0 Å². The molecule has 6 heteroatoms. The molecule has 0 aliphatic carbocycles. The van der Waals surface area contributed by atoms with Crippen molar-refractivity contribution >= 4 is 22.7 Å². The van der Waals surface area contributed by atoms with Crippen molar-refractivity contribution in [2.75, 3.05) is 26.2 Å². The quantitative estimate of drug-likeness (QED) is 0.805. The summed E-state index contributed by atoms with van der Waals surface area (Å²) < 4.78 is 0. The number of fused-ring (bicyclic) bond motifs is 1. The van der Waals surface area contributed by atoms with Gasteiger partial charge < -0.3 is 15.6 Å². The van der Waals surface area contributed by atoms with Gasteiger partial charge in [-0.25, -0.2) is 0 Å². The van der Waals surface area contributed by atoms with Crippen molar-refractivity contribution in [3.63, 3.8) is 0 Å². The first-order chi connectivity index (χ1) is 11.6. The molecule has 2 heterocycles. The zero-order valence-corrected chi connectivity index (χ0v) is 13.6. The Hall–Kier alpha value is -2.60. The zero-order valence-electron chi connectivity index (χ0n) is 13.6. The number of para-hydroxylation sites is 1. The lowest BCUT2D eigenvalue weighted by Crippen LogP contribution is -2.47. The number of carbonyl (C=O) groups excluding carboxylic acids is 2. The number of primary amides is 1. The van der Waals surface area contributed by atoms with Crippen LogP contribution in [0, 0.1) is 0 Å². The van der Waals surface area contributed by atoms with Gasteiger partial charge in [-0.1, -0.05) is 24.8 Å². The van der Waals surface area contributed by atoms with Crippen LogP contribution in [-0.4, -0.2) is 52.8 Å². The number of aromatic amines is 1. The fourth-order valence-corrected chi connectivity index (χ4v) is 3.24. The van der Waals surface area contributed by atoms with Crippen LogP contribution in [0.25, 0.3) is 10.9 Å². The summed E-state index contributed by atoms with van der Waals surface area (Å²) in [6.45, 7) is 7.46. The van der Waals surface area contributed by atoms with Gasteiger partial charge in [0.1, 0.15) is 0 Å². The van der Waals surface area contributed by atoms with E-state index < -0.39 is 0 Å². The van der Waals surface area contributed by atoms with Crippen LogP contribution in [0.5, 0.6) is 0 Å². The predicted molar refractivity (Wildman–Crippen MR) is 93.3 cm³/mol. The molecular formula is C18H22N4O2. The van der Waals surface area contributed by atoms with E-state index in [2.05, 4.69) is 22.5 Å². The first kappa shape index (κ1) is 16.3. The maximum absolute atomic E-state index is 11.6. The van der Waals surface area contributed by atoms with Crippen molar-refractivity contribution < 1.29 is 9.59 Å². The van der Waals surface area contributed by atoms with Gasteiger partial charge in [-0.2, -0.15) is 0 Å². The molecule has 24 heavy (non-hydrogen) atoms. The summed E-state index contributed by atoms with van der Waals surface area (Å²) in [5.74, 6) is -0.332. The van der Waals surface area contributed by atoms with Crippen molar-refractivity contribution in [1.82, 2.24) is 14.8 Å². The van der Waals surface area contributed by atoms with Gasteiger partial charge in [0.15, 0.2) is 0 Å². The third kappa shape index (κ3) is 3.33. The van der Waals surface area contributed by atoms with Gasteiger partial charge >= 0.3 is 0 Å². The number of hydrogen-bond donors (Lipinski definition) is 2. The molecule has 0 saturated carbocycles. The summed E-state index contributed by atoms with van der Waals surface area (Å²) >= 11 is 0. The van der Waals surface area contributed by atoms with Gasteiger partial charge in [0.2, 0.25) is 11.8 Å². The Balaban J connectivity index is 1.72. The molecule has 1 fully saturated rings. The summed E-state index contributed by atoms with van der Waals surface area (Å²) in [5, 5.41) is 1.05. The van der Waals surface area contributed by atoms with Crippen molar-refractivity contribution in [2.45, 2.75) is 13.0 Å². The summed E-state index contributed by atoms with van der Waals surface area (Å²) in [4.78, 5) is 30.3. The van der Waals surface area contributed by atoms with E-state index >= 15 is 0 Å². The van der Waals surface area contributed by atoms with Crippen LogP contribution >= 0.6 is 0 Å². The Labute approximate surface area is 140 Å². The summed E-state index contributed by atoms with van der Waals surface area (Å²) in [5.41, 5.74) is 8.48. The molecule has 3 rings (SSSR count). The molecule has 0 atom stereocenters. The number of H-pyrrole nitrogens is 1. The van der Waals surface area contributed by atoms with Crippen molar-refractivity contribution in [2.24, 2.45) is 5.73 Å². The highest BCUT2D eigenvalue weighted by atomic mass is 16.2. The second-order valence-electron chi connectivity index (χ2n) is 6.10. The fourth-order valence-electron chi connectivity index (χ4n) is 3.24. The Bertz CT molecular complexity index is 772. The smallest absolute Gasteiger partial charge is 0.246 e. The number of hydrogen-bond acceptors (Lipinski definition) is 3. The first-order valence-electron chi connectivity index (χ1n) is 8.08. The minimum Gasteiger partial charge on any atom is -0.369 e. The van der Waals surface area contributed by atoms with Crippen LogP contribution in [0.2, 0.25) is 0 Å². The van der Waals surface area contributed by atoms with Gasteiger partial charge in [-0.05, 0) is 17.2 Å². The van der Waals surface area contributed by atoms with Gasteiger partial charge in [0, 0.05) is 44.3 Å². The van der Waals surface area contributed by atoms with Crippen molar-refractivity contribution in [3.05, 3.63) is 48.2 Å². The number of nitrogens with zero attached hydrogens (tertiary/aromatic N) is 2. The van der Waals surface area contributed by atoms with E-state index in [1.165, 1.54) is 11.6 Å². The molecule has 3 N–H and O–H groups in total. The van der Waals surface area contributed by atoms with Gasteiger partial charge in [-0.15, -0.1) is 0 Å². The largest absolute Gasteiger partial charge is 0.369 e. The molecule has 1 saturated heterocycles. The third-order valence-electron chi connectivity index (χ3n) is 4.50. The van der Waals surface area contributed by atoms with Crippen LogP contribution in [0.4, 0.5) is 0 Å². The molecule has 1 aromatic carbocycles. The number of nitrogens with two attached hydrogens (primary N) is 1. The number of piperazine rings is 1. The minimum absolute atomic E-state index is 0.00258. The van der Waals surface area contributed by atoms with Gasteiger partial charge in [0.05, 0.1) is 11.9 Å². The van der Waals surface area contributed by atoms with E-state index in [9.17, 15) is 9.59 Å². The SMILES string of the molecule is C=CC(=O)N1CCN(Cc2cccc3c(CC(N)=O)c[nH]c23)CC1. The van der Waals surface area contributed by atoms with E-state index in [1.807, 2.05) is 23.2 Å². The van der Waals surface area contributed by atoms with Crippen LogP contribution < -0.4 is 5.73 Å². The molecule has 0 spiro atoms. The van der Waals surface area contributed by atoms with Gasteiger partial charge in [0.25, 0.3) is 0 Å². The first-order valence-corrected chi connectivity index (χ1v) is 8.08. The lowest BCUT2D eigenvalue weighted by molar-refractivity contribution is -0.127. The molecule has 0 bridgehead atoms. The Morgan fingerprint density at radius 3 is 2.62 bits per heavy atom.